The first-order valence-corrected chi connectivity index (χ1v) is 7.53. The molecular formula is C16H22O8. The predicted molar refractivity (Wildman–Crippen MR) is 83.2 cm³/mol. The van der Waals surface area contributed by atoms with E-state index < -0.39 is 35.0 Å². The van der Waals surface area contributed by atoms with Crippen LogP contribution in [0, 0.1) is 0 Å². The maximum atomic E-state index is 12.1. The van der Waals surface area contributed by atoms with Gasteiger partial charge in [0.25, 0.3) is 0 Å². The second kappa shape index (κ2) is 10.2. The summed E-state index contributed by atoms with van der Waals surface area (Å²) in [6.07, 6.45) is 0.0552. The third-order valence-corrected chi connectivity index (χ3v) is 3.06. The Morgan fingerprint density at radius 1 is 0.667 bits per heavy atom. The fourth-order valence-corrected chi connectivity index (χ4v) is 2.17. The minimum atomic E-state index is -1.66. The number of hydrogen-bond acceptors (Lipinski definition) is 6. The molecule has 0 aromatic rings. The molecule has 2 N–H and O–H groups in total. The molecule has 0 unspecified atom stereocenters. The molecule has 0 aromatic carbocycles. The van der Waals surface area contributed by atoms with Crippen LogP contribution in [0.4, 0.5) is 0 Å². The molecule has 0 aliphatic carbocycles. The molecule has 0 radical (unpaired) electrons. The van der Waals surface area contributed by atoms with Gasteiger partial charge in [0, 0.05) is 0 Å². The zero-order valence-corrected chi connectivity index (χ0v) is 14.2. The molecule has 0 fully saturated rings. The molecule has 0 atom stereocenters. The van der Waals surface area contributed by atoms with Gasteiger partial charge < -0.3 is 19.7 Å². The molecule has 0 aromatic heterocycles. The SMILES string of the molecule is CCOC(=O)C(C(=O)OCC)=C(CC)C(CC)=C(C(=O)O)C(=O)O. The lowest BCUT2D eigenvalue weighted by molar-refractivity contribution is -0.147. The minimum absolute atomic E-state index is 0.000579. The number of carboxylic acid groups (broad SMARTS) is 2. The third-order valence-electron chi connectivity index (χ3n) is 3.06. The van der Waals surface area contributed by atoms with Gasteiger partial charge in [-0.3, -0.25) is 0 Å². The Labute approximate surface area is 139 Å². The van der Waals surface area contributed by atoms with E-state index in [1.54, 1.807) is 20.8 Å². The second-order valence-electron chi connectivity index (χ2n) is 4.47. The quantitative estimate of drug-likeness (QED) is 0.213. The molecule has 8 heteroatoms. The van der Waals surface area contributed by atoms with Crippen molar-refractivity contribution in [2.75, 3.05) is 13.2 Å². The summed E-state index contributed by atoms with van der Waals surface area (Å²) in [6, 6.07) is 0. The van der Waals surface area contributed by atoms with Crippen molar-refractivity contribution >= 4 is 23.9 Å². The second-order valence-corrected chi connectivity index (χ2v) is 4.47. The lowest BCUT2D eigenvalue weighted by atomic mass is 9.91. The van der Waals surface area contributed by atoms with E-state index in [1.807, 2.05) is 0 Å². The van der Waals surface area contributed by atoms with Gasteiger partial charge in [0.05, 0.1) is 13.2 Å². The number of hydrogen-bond donors (Lipinski definition) is 2. The summed E-state index contributed by atoms with van der Waals surface area (Å²) in [4.78, 5) is 46.9. The van der Waals surface area contributed by atoms with Gasteiger partial charge in [-0.1, -0.05) is 13.8 Å². The third kappa shape index (κ3) is 5.22. The summed E-state index contributed by atoms with van der Waals surface area (Å²) in [7, 11) is 0. The first kappa shape index (κ1) is 21.4. The van der Waals surface area contributed by atoms with Crippen LogP contribution in [0.1, 0.15) is 40.5 Å². The maximum absolute atomic E-state index is 12.1. The zero-order chi connectivity index (χ0) is 18.9. The highest BCUT2D eigenvalue weighted by Gasteiger charge is 2.30. The normalized spacial score (nSPS) is 9.67. The largest absolute Gasteiger partial charge is 0.477 e. The van der Waals surface area contributed by atoms with Crippen molar-refractivity contribution < 1.29 is 38.9 Å². The zero-order valence-electron chi connectivity index (χ0n) is 14.2. The molecule has 0 saturated heterocycles. The molecule has 0 spiro atoms. The molecule has 0 bridgehead atoms. The van der Waals surface area contributed by atoms with Crippen molar-refractivity contribution in [3.63, 3.8) is 0 Å². The van der Waals surface area contributed by atoms with Crippen molar-refractivity contribution in [3.8, 4) is 0 Å². The van der Waals surface area contributed by atoms with E-state index in [-0.39, 0.29) is 37.2 Å². The van der Waals surface area contributed by atoms with E-state index in [4.69, 9.17) is 19.7 Å². The van der Waals surface area contributed by atoms with Gasteiger partial charge in [0.15, 0.2) is 0 Å². The monoisotopic (exact) mass is 342 g/mol. The number of aliphatic carboxylic acids is 2. The van der Waals surface area contributed by atoms with Crippen molar-refractivity contribution in [2.24, 2.45) is 0 Å². The average Bonchev–Trinajstić information content (AvgIpc) is 2.49. The van der Waals surface area contributed by atoms with Gasteiger partial charge in [-0.2, -0.15) is 0 Å². The number of ether oxygens (including phenoxy) is 2. The highest BCUT2D eigenvalue weighted by atomic mass is 16.6. The van der Waals surface area contributed by atoms with Crippen LogP contribution < -0.4 is 0 Å². The summed E-state index contributed by atoms with van der Waals surface area (Å²) in [5, 5.41) is 18.3. The predicted octanol–water partition coefficient (Wildman–Crippen LogP) is 1.69. The van der Waals surface area contributed by atoms with Gasteiger partial charge in [-0.05, 0) is 37.8 Å². The van der Waals surface area contributed by atoms with Crippen molar-refractivity contribution in [2.45, 2.75) is 40.5 Å². The smallest absolute Gasteiger partial charge is 0.345 e. The Bertz CT molecular complexity index is 547. The molecule has 0 heterocycles. The fraction of sp³-hybridized carbons (Fsp3) is 0.500. The first-order chi connectivity index (χ1) is 11.3. The van der Waals surface area contributed by atoms with E-state index in [1.165, 1.54) is 6.92 Å². The van der Waals surface area contributed by atoms with Crippen LogP contribution in [-0.4, -0.2) is 47.3 Å². The van der Waals surface area contributed by atoms with Crippen LogP contribution in [-0.2, 0) is 28.7 Å². The van der Waals surface area contributed by atoms with E-state index >= 15 is 0 Å². The number of rotatable bonds is 9. The Hall–Kier alpha value is -2.64. The van der Waals surface area contributed by atoms with Crippen LogP contribution >= 0.6 is 0 Å². The lowest BCUT2D eigenvalue weighted by Gasteiger charge is -2.16. The summed E-state index contributed by atoms with van der Waals surface area (Å²) in [5.41, 5.74) is -1.48. The van der Waals surface area contributed by atoms with Crippen molar-refractivity contribution in [1.29, 1.82) is 0 Å². The van der Waals surface area contributed by atoms with Gasteiger partial charge in [-0.25, -0.2) is 19.2 Å². The molecule has 8 nitrogen and oxygen atoms in total. The molecule has 0 rings (SSSR count). The van der Waals surface area contributed by atoms with Gasteiger partial charge >= 0.3 is 23.9 Å². The number of carbonyl (C=O) groups excluding carboxylic acids is 2. The lowest BCUT2D eigenvalue weighted by Crippen LogP contribution is -2.23. The van der Waals surface area contributed by atoms with Crippen LogP contribution in [0.2, 0.25) is 0 Å². The maximum Gasteiger partial charge on any atom is 0.345 e. The van der Waals surface area contributed by atoms with Crippen LogP contribution in [0.15, 0.2) is 22.3 Å². The van der Waals surface area contributed by atoms with Crippen molar-refractivity contribution in [3.05, 3.63) is 22.3 Å². The topological polar surface area (TPSA) is 127 Å². The molecule has 0 saturated carbocycles. The summed E-state index contributed by atoms with van der Waals surface area (Å²) in [5.74, 6) is -5.27. The fourth-order valence-electron chi connectivity index (χ4n) is 2.17. The van der Waals surface area contributed by atoms with Gasteiger partial charge in [0.1, 0.15) is 11.1 Å². The molecule has 134 valence electrons. The van der Waals surface area contributed by atoms with Crippen LogP contribution in [0.5, 0.6) is 0 Å². The number of allylic oxidation sites excluding steroid dienone is 2. The molecule has 0 aliphatic rings. The summed E-state index contributed by atoms with van der Waals surface area (Å²) in [6.45, 7) is 6.18. The Morgan fingerprint density at radius 2 is 1.00 bits per heavy atom. The van der Waals surface area contributed by atoms with E-state index in [9.17, 15) is 19.2 Å². The average molecular weight is 342 g/mol. The van der Waals surface area contributed by atoms with Crippen molar-refractivity contribution in [1.82, 2.24) is 0 Å². The van der Waals surface area contributed by atoms with E-state index in [0.717, 1.165) is 0 Å². The standard InChI is InChI=1S/C16H22O8/c1-5-9(11(13(17)18)14(19)20)10(6-2)12(15(21)23-7-3)16(22)24-8-4/h5-8H2,1-4H3,(H,17,18)(H,19,20). The number of esters is 2. The molecule has 0 amide bonds. The molecule has 24 heavy (non-hydrogen) atoms. The van der Waals surface area contributed by atoms with E-state index in [2.05, 4.69) is 0 Å². The first-order valence-electron chi connectivity index (χ1n) is 7.53. The molecule has 0 aliphatic heterocycles. The number of carbonyl (C=O) groups is 4. The summed E-state index contributed by atoms with van der Waals surface area (Å²) >= 11 is 0. The Balaban J connectivity index is 6.68. The highest BCUT2D eigenvalue weighted by molar-refractivity contribution is 6.17. The van der Waals surface area contributed by atoms with E-state index in [0.29, 0.717) is 0 Å². The molecular weight excluding hydrogens is 320 g/mol. The minimum Gasteiger partial charge on any atom is -0.477 e. The highest BCUT2D eigenvalue weighted by Crippen LogP contribution is 2.27. The van der Waals surface area contributed by atoms with Gasteiger partial charge in [-0.15, -0.1) is 0 Å². The number of carboxylic acids is 2. The summed E-state index contributed by atoms with van der Waals surface area (Å²) < 4.78 is 9.67. The van der Waals surface area contributed by atoms with Crippen LogP contribution in [0.25, 0.3) is 0 Å². The Kier molecular flexibility index (Phi) is 9.07. The van der Waals surface area contributed by atoms with Gasteiger partial charge in [0.2, 0.25) is 0 Å². The Morgan fingerprint density at radius 3 is 1.25 bits per heavy atom. The van der Waals surface area contributed by atoms with Crippen LogP contribution in [0.3, 0.4) is 0 Å².